The van der Waals surface area contributed by atoms with E-state index in [0.717, 1.165) is 30.0 Å². The van der Waals surface area contributed by atoms with Crippen molar-refractivity contribution in [2.45, 2.75) is 6.18 Å². The van der Waals surface area contributed by atoms with Crippen molar-refractivity contribution in [1.29, 1.82) is 0 Å². The minimum Gasteiger partial charge on any atom is -0.457 e. The van der Waals surface area contributed by atoms with Crippen molar-refractivity contribution in [3.05, 3.63) is 81.7 Å². The Balaban J connectivity index is 1.60. The molecule has 2 aromatic carbocycles. The molecule has 1 aliphatic heterocycles. The number of thioether (sulfide) groups is 1. The zero-order valence-corrected chi connectivity index (χ0v) is 17.6. The summed E-state index contributed by atoms with van der Waals surface area (Å²) in [7, 11) is 0. The molecule has 1 amide bonds. The molecular weight excluding hydrogens is 474 g/mol. The molecule has 1 fully saturated rings. The Hall–Kier alpha value is -2.62. The molecule has 1 aliphatic rings. The van der Waals surface area contributed by atoms with E-state index < -0.39 is 23.5 Å². The summed E-state index contributed by atoms with van der Waals surface area (Å²) in [5.74, 6) is -0.581. The summed E-state index contributed by atoms with van der Waals surface area (Å²) >= 11 is 12.1. The van der Waals surface area contributed by atoms with Crippen LogP contribution in [-0.4, -0.2) is 10.2 Å². The Bertz CT molecular complexity index is 1240. The molecule has 1 saturated heterocycles. The highest BCUT2D eigenvalue weighted by Crippen LogP contribution is 2.38. The van der Waals surface area contributed by atoms with E-state index in [9.17, 15) is 22.4 Å². The third-order valence-corrected chi connectivity index (χ3v) is 5.92. The van der Waals surface area contributed by atoms with Crippen molar-refractivity contribution in [2.24, 2.45) is 0 Å². The number of rotatable bonds is 3. The second-order valence-corrected chi connectivity index (χ2v) is 8.48. The summed E-state index contributed by atoms with van der Waals surface area (Å²) in [5.41, 5.74) is -0.217. The summed E-state index contributed by atoms with van der Waals surface area (Å²) in [6.45, 7) is 0. The van der Waals surface area contributed by atoms with Crippen molar-refractivity contribution in [3.63, 3.8) is 0 Å². The predicted octanol–water partition coefficient (Wildman–Crippen LogP) is 7.16. The van der Waals surface area contributed by atoms with Gasteiger partial charge in [-0.2, -0.15) is 13.2 Å². The molecule has 2 heterocycles. The number of amides is 1. The van der Waals surface area contributed by atoms with E-state index in [1.165, 1.54) is 47.4 Å². The molecule has 0 aliphatic carbocycles. The number of alkyl halides is 3. The first-order valence-electron chi connectivity index (χ1n) is 8.64. The van der Waals surface area contributed by atoms with Crippen molar-refractivity contribution < 1.29 is 26.8 Å². The number of hydrogen-bond donors (Lipinski definition) is 0. The average molecular weight is 484 g/mol. The SMILES string of the molecule is O=C1/C(=C\c2ccc(-c3cccc(C(F)(F)F)c3)o2)SC(=S)N1c1ccc(F)c(Cl)c1. The van der Waals surface area contributed by atoms with Crippen LogP contribution in [-0.2, 0) is 11.0 Å². The van der Waals surface area contributed by atoms with Crippen LogP contribution in [0.2, 0.25) is 5.02 Å². The first kappa shape index (κ1) is 21.6. The standard InChI is InChI=1S/C21H10ClF4NO2S2/c22-15-9-13(4-6-16(15)23)27-19(28)18(31-20(27)30)10-14-5-7-17(29-14)11-2-1-3-12(8-11)21(24,25)26/h1-10H/b18-10+. The molecule has 158 valence electrons. The highest BCUT2D eigenvalue weighted by atomic mass is 35.5. The Morgan fingerprint density at radius 2 is 1.87 bits per heavy atom. The number of anilines is 1. The van der Waals surface area contributed by atoms with Crippen LogP contribution in [0.15, 0.2) is 63.9 Å². The highest BCUT2D eigenvalue weighted by Gasteiger charge is 2.34. The molecule has 0 atom stereocenters. The molecule has 0 N–H and O–H groups in total. The Morgan fingerprint density at radius 1 is 1.10 bits per heavy atom. The molecular formula is C21H10ClF4NO2S2. The summed E-state index contributed by atoms with van der Waals surface area (Å²) < 4.78 is 58.1. The molecule has 3 nitrogen and oxygen atoms in total. The fraction of sp³-hybridized carbons (Fsp3) is 0.0476. The van der Waals surface area contributed by atoms with Gasteiger partial charge in [-0.15, -0.1) is 0 Å². The fourth-order valence-corrected chi connectivity index (χ4v) is 4.33. The third kappa shape index (κ3) is 4.39. The zero-order chi connectivity index (χ0) is 22.3. The minimum absolute atomic E-state index is 0.146. The van der Waals surface area contributed by atoms with Gasteiger partial charge in [0.2, 0.25) is 0 Å². The van der Waals surface area contributed by atoms with Gasteiger partial charge < -0.3 is 4.42 Å². The monoisotopic (exact) mass is 483 g/mol. The number of furan rings is 1. The van der Waals surface area contributed by atoms with Crippen LogP contribution in [0.25, 0.3) is 17.4 Å². The van der Waals surface area contributed by atoms with Crippen molar-refractivity contribution in [3.8, 4) is 11.3 Å². The van der Waals surface area contributed by atoms with Crippen LogP contribution < -0.4 is 4.90 Å². The van der Waals surface area contributed by atoms with E-state index >= 15 is 0 Å². The summed E-state index contributed by atoms with van der Waals surface area (Å²) in [4.78, 5) is 14.3. The van der Waals surface area contributed by atoms with Gasteiger partial charge in [-0.3, -0.25) is 9.69 Å². The van der Waals surface area contributed by atoms with Crippen LogP contribution in [0.3, 0.4) is 0 Å². The van der Waals surface area contributed by atoms with Gasteiger partial charge in [0.05, 0.1) is 21.2 Å². The molecule has 4 rings (SSSR count). The Labute approximate surface area is 188 Å². The molecule has 31 heavy (non-hydrogen) atoms. The second-order valence-electron chi connectivity index (χ2n) is 6.40. The van der Waals surface area contributed by atoms with E-state index in [-0.39, 0.29) is 31.3 Å². The maximum Gasteiger partial charge on any atom is 0.416 e. The number of thiocarbonyl (C=S) groups is 1. The Kier molecular flexibility index (Phi) is 5.67. The largest absolute Gasteiger partial charge is 0.457 e. The van der Waals surface area contributed by atoms with E-state index in [4.69, 9.17) is 28.2 Å². The number of benzene rings is 2. The van der Waals surface area contributed by atoms with Gasteiger partial charge in [0, 0.05) is 11.6 Å². The fourth-order valence-electron chi connectivity index (χ4n) is 2.88. The smallest absolute Gasteiger partial charge is 0.416 e. The van der Waals surface area contributed by atoms with Crippen LogP contribution in [0.1, 0.15) is 11.3 Å². The predicted molar refractivity (Wildman–Crippen MR) is 116 cm³/mol. The number of halogens is 5. The number of hydrogen-bond acceptors (Lipinski definition) is 4. The number of carbonyl (C=O) groups is 1. The molecule has 3 aromatic rings. The average Bonchev–Trinajstić information content (AvgIpc) is 3.28. The van der Waals surface area contributed by atoms with Gasteiger partial charge in [0.15, 0.2) is 4.32 Å². The van der Waals surface area contributed by atoms with Crippen LogP contribution in [0.5, 0.6) is 0 Å². The van der Waals surface area contributed by atoms with Gasteiger partial charge in [-0.25, -0.2) is 4.39 Å². The summed E-state index contributed by atoms with van der Waals surface area (Å²) in [5, 5.41) is -0.146. The number of carbonyl (C=O) groups excluding carboxylic acids is 1. The molecule has 0 bridgehead atoms. The normalized spacial score (nSPS) is 15.9. The van der Waals surface area contributed by atoms with Crippen LogP contribution >= 0.6 is 35.6 Å². The van der Waals surface area contributed by atoms with Crippen LogP contribution in [0.4, 0.5) is 23.2 Å². The maximum absolute atomic E-state index is 13.4. The highest BCUT2D eigenvalue weighted by molar-refractivity contribution is 8.27. The molecule has 0 saturated carbocycles. The van der Waals surface area contributed by atoms with E-state index in [0.29, 0.717) is 5.69 Å². The summed E-state index contributed by atoms with van der Waals surface area (Å²) in [6.07, 6.45) is -3.02. The van der Waals surface area contributed by atoms with E-state index in [2.05, 4.69) is 0 Å². The van der Waals surface area contributed by atoms with Gasteiger partial charge >= 0.3 is 6.18 Å². The van der Waals surface area contributed by atoms with Gasteiger partial charge in [-0.05, 0) is 42.5 Å². The lowest BCUT2D eigenvalue weighted by molar-refractivity contribution is -0.137. The molecule has 0 unspecified atom stereocenters. The topological polar surface area (TPSA) is 33.5 Å². The quantitative estimate of drug-likeness (QED) is 0.225. The molecule has 1 aromatic heterocycles. The zero-order valence-electron chi connectivity index (χ0n) is 15.2. The summed E-state index contributed by atoms with van der Waals surface area (Å²) in [6, 6.07) is 11.6. The van der Waals surface area contributed by atoms with Gasteiger partial charge in [-0.1, -0.05) is 47.7 Å². The second kappa shape index (κ2) is 8.14. The molecule has 0 radical (unpaired) electrons. The first-order valence-corrected chi connectivity index (χ1v) is 10.2. The third-order valence-electron chi connectivity index (χ3n) is 4.33. The lowest BCUT2D eigenvalue weighted by Crippen LogP contribution is -2.27. The Morgan fingerprint density at radius 3 is 2.58 bits per heavy atom. The maximum atomic E-state index is 13.4. The lowest BCUT2D eigenvalue weighted by atomic mass is 10.1. The van der Waals surface area contributed by atoms with E-state index in [1.807, 2.05) is 0 Å². The van der Waals surface area contributed by atoms with E-state index in [1.54, 1.807) is 0 Å². The van der Waals surface area contributed by atoms with Crippen molar-refractivity contribution in [1.82, 2.24) is 0 Å². The number of nitrogens with zero attached hydrogens (tertiary/aromatic N) is 1. The van der Waals surface area contributed by atoms with Gasteiger partial charge in [0.1, 0.15) is 17.3 Å². The first-order chi connectivity index (χ1) is 14.6. The van der Waals surface area contributed by atoms with Crippen molar-refractivity contribution in [2.75, 3.05) is 4.90 Å². The van der Waals surface area contributed by atoms with Crippen molar-refractivity contribution >= 4 is 57.6 Å². The lowest BCUT2D eigenvalue weighted by Gasteiger charge is -2.14. The van der Waals surface area contributed by atoms with Crippen LogP contribution in [0, 0.1) is 5.82 Å². The van der Waals surface area contributed by atoms with Gasteiger partial charge in [0.25, 0.3) is 5.91 Å². The minimum atomic E-state index is -4.47. The molecule has 0 spiro atoms. The molecule has 10 heteroatoms.